The molecule has 3 aromatic rings. The van der Waals surface area contributed by atoms with E-state index < -0.39 is 0 Å². The van der Waals surface area contributed by atoms with Crippen molar-refractivity contribution in [2.75, 3.05) is 0 Å². The normalized spacial score (nSPS) is 10.5. The second-order valence-electron chi connectivity index (χ2n) is 4.33. The standard InChI is InChI=1S/C16H11ClN2/c17-15-8-4-7-13-14(12-5-2-1-3-6-12)11-19(10-9-18)16(13)15/h1-8,11H,10H2. The van der Waals surface area contributed by atoms with E-state index >= 15 is 0 Å². The van der Waals surface area contributed by atoms with Gasteiger partial charge in [-0.2, -0.15) is 5.26 Å². The molecule has 0 amide bonds. The van der Waals surface area contributed by atoms with Crippen molar-refractivity contribution in [2.45, 2.75) is 6.54 Å². The number of hydrogen-bond acceptors (Lipinski definition) is 1. The Balaban J connectivity index is 2.33. The Morgan fingerprint density at radius 2 is 1.84 bits per heavy atom. The van der Waals surface area contributed by atoms with E-state index in [0.717, 1.165) is 22.0 Å². The Labute approximate surface area is 116 Å². The van der Waals surface area contributed by atoms with Gasteiger partial charge in [-0.1, -0.05) is 54.1 Å². The summed E-state index contributed by atoms with van der Waals surface area (Å²) in [4.78, 5) is 0. The minimum absolute atomic E-state index is 0.299. The fraction of sp³-hybridized carbons (Fsp3) is 0.0625. The van der Waals surface area contributed by atoms with Crippen molar-refractivity contribution in [1.82, 2.24) is 4.57 Å². The summed E-state index contributed by atoms with van der Waals surface area (Å²) in [5, 5.41) is 10.7. The number of fused-ring (bicyclic) bond motifs is 1. The maximum atomic E-state index is 8.94. The average Bonchev–Trinajstić information content (AvgIpc) is 2.81. The van der Waals surface area contributed by atoms with Crippen LogP contribution in [0.4, 0.5) is 0 Å². The van der Waals surface area contributed by atoms with Crippen LogP contribution in [0.15, 0.2) is 54.7 Å². The fourth-order valence-corrected chi connectivity index (χ4v) is 2.65. The topological polar surface area (TPSA) is 28.7 Å². The van der Waals surface area contributed by atoms with Crippen LogP contribution in [0, 0.1) is 11.3 Å². The highest BCUT2D eigenvalue weighted by Gasteiger charge is 2.12. The van der Waals surface area contributed by atoms with E-state index in [1.807, 2.05) is 47.2 Å². The summed E-state index contributed by atoms with van der Waals surface area (Å²) in [5.41, 5.74) is 3.16. The average molecular weight is 267 g/mol. The van der Waals surface area contributed by atoms with Crippen LogP contribution < -0.4 is 0 Å². The van der Waals surface area contributed by atoms with Gasteiger partial charge in [-0.3, -0.25) is 0 Å². The van der Waals surface area contributed by atoms with Crippen LogP contribution in [-0.4, -0.2) is 4.57 Å². The van der Waals surface area contributed by atoms with Gasteiger partial charge in [-0.15, -0.1) is 0 Å². The summed E-state index contributed by atoms with van der Waals surface area (Å²) in [5.74, 6) is 0. The lowest BCUT2D eigenvalue weighted by Gasteiger charge is -2.00. The van der Waals surface area contributed by atoms with Crippen LogP contribution in [0.1, 0.15) is 0 Å². The number of aromatic nitrogens is 1. The molecule has 0 saturated heterocycles. The van der Waals surface area contributed by atoms with E-state index in [0.29, 0.717) is 11.6 Å². The highest BCUT2D eigenvalue weighted by atomic mass is 35.5. The zero-order valence-corrected chi connectivity index (χ0v) is 10.9. The number of rotatable bonds is 2. The minimum atomic E-state index is 0.299. The van der Waals surface area contributed by atoms with Crippen molar-refractivity contribution in [3.05, 3.63) is 59.8 Å². The van der Waals surface area contributed by atoms with Gasteiger partial charge in [0.1, 0.15) is 6.54 Å². The molecular formula is C16H11ClN2. The minimum Gasteiger partial charge on any atom is -0.332 e. The molecule has 3 rings (SSSR count). The monoisotopic (exact) mass is 266 g/mol. The molecule has 1 heterocycles. The first-order valence-electron chi connectivity index (χ1n) is 6.01. The summed E-state index contributed by atoms with van der Waals surface area (Å²) in [6.45, 7) is 0.299. The van der Waals surface area contributed by atoms with Gasteiger partial charge in [-0.05, 0) is 11.6 Å². The summed E-state index contributed by atoms with van der Waals surface area (Å²) in [6, 6.07) is 18.1. The second kappa shape index (κ2) is 4.79. The molecule has 0 aliphatic rings. The van der Waals surface area contributed by atoms with Crippen LogP contribution in [0.3, 0.4) is 0 Å². The molecule has 3 heteroatoms. The predicted molar refractivity (Wildman–Crippen MR) is 78.0 cm³/mol. The Hall–Kier alpha value is -2.24. The van der Waals surface area contributed by atoms with Crippen LogP contribution >= 0.6 is 11.6 Å². The first-order valence-corrected chi connectivity index (χ1v) is 6.39. The van der Waals surface area contributed by atoms with E-state index in [4.69, 9.17) is 16.9 Å². The number of hydrogen-bond donors (Lipinski definition) is 0. The molecule has 0 saturated carbocycles. The molecule has 2 aromatic carbocycles. The molecule has 92 valence electrons. The van der Waals surface area contributed by atoms with Crippen LogP contribution in [0.5, 0.6) is 0 Å². The van der Waals surface area contributed by atoms with E-state index in [1.165, 1.54) is 0 Å². The lowest BCUT2D eigenvalue weighted by molar-refractivity contribution is 0.875. The summed E-state index contributed by atoms with van der Waals surface area (Å²) < 4.78 is 1.90. The largest absolute Gasteiger partial charge is 0.332 e. The smallest absolute Gasteiger partial charge is 0.110 e. The molecule has 1 aromatic heterocycles. The van der Waals surface area contributed by atoms with Gasteiger partial charge < -0.3 is 4.57 Å². The third-order valence-corrected chi connectivity index (χ3v) is 3.48. The SMILES string of the molecule is N#CCn1cc(-c2ccccc2)c2cccc(Cl)c21. The lowest BCUT2D eigenvalue weighted by Crippen LogP contribution is -1.92. The molecule has 0 spiro atoms. The quantitative estimate of drug-likeness (QED) is 0.672. The van der Waals surface area contributed by atoms with E-state index in [9.17, 15) is 0 Å². The molecule has 0 unspecified atom stereocenters. The van der Waals surface area contributed by atoms with Crippen LogP contribution in [0.25, 0.3) is 22.0 Å². The van der Waals surface area contributed by atoms with Gasteiger partial charge in [0.05, 0.1) is 16.6 Å². The maximum absolute atomic E-state index is 8.94. The molecular weight excluding hydrogens is 256 g/mol. The molecule has 19 heavy (non-hydrogen) atoms. The summed E-state index contributed by atoms with van der Waals surface area (Å²) in [6.07, 6.45) is 2.00. The van der Waals surface area contributed by atoms with Crippen LogP contribution in [0.2, 0.25) is 5.02 Å². The molecule has 0 radical (unpaired) electrons. The van der Waals surface area contributed by atoms with Crippen molar-refractivity contribution < 1.29 is 0 Å². The Kier molecular flexibility index (Phi) is 2.98. The molecule has 0 N–H and O–H groups in total. The third-order valence-electron chi connectivity index (χ3n) is 3.17. The third kappa shape index (κ3) is 1.99. The van der Waals surface area contributed by atoms with E-state index in [-0.39, 0.29) is 0 Å². The summed E-state index contributed by atoms with van der Waals surface area (Å²) in [7, 11) is 0. The Morgan fingerprint density at radius 1 is 1.05 bits per heavy atom. The Morgan fingerprint density at radius 3 is 2.58 bits per heavy atom. The fourth-order valence-electron chi connectivity index (χ4n) is 2.36. The zero-order valence-electron chi connectivity index (χ0n) is 10.2. The molecule has 0 aliphatic heterocycles. The molecule has 0 atom stereocenters. The van der Waals surface area contributed by atoms with Crippen molar-refractivity contribution >= 4 is 22.5 Å². The van der Waals surface area contributed by atoms with Gasteiger partial charge in [0, 0.05) is 17.1 Å². The summed E-state index contributed by atoms with van der Waals surface area (Å²) >= 11 is 6.27. The Bertz CT molecular complexity index is 767. The molecule has 0 fully saturated rings. The van der Waals surface area contributed by atoms with Gasteiger partial charge >= 0.3 is 0 Å². The number of nitriles is 1. The first-order chi connectivity index (χ1) is 9.31. The lowest BCUT2D eigenvalue weighted by atomic mass is 10.1. The second-order valence-corrected chi connectivity index (χ2v) is 4.74. The highest BCUT2D eigenvalue weighted by molar-refractivity contribution is 6.35. The van der Waals surface area contributed by atoms with Crippen molar-refractivity contribution in [1.29, 1.82) is 5.26 Å². The molecule has 2 nitrogen and oxygen atoms in total. The molecule has 0 aliphatic carbocycles. The van der Waals surface area contributed by atoms with E-state index in [1.54, 1.807) is 0 Å². The van der Waals surface area contributed by atoms with Crippen LogP contribution in [-0.2, 0) is 6.54 Å². The number of para-hydroxylation sites is 1. The van der Waals surface area contributed by atoms with Crippen molar-refractivity contribution in [3.8, 4) is 17.2 Å². The maximum Gasteiger partial charge on any atom is 0.110 e. The van der Waals surface area contributed by atoms with Gasteiger partial charge in [0.15, 0.2) is 0 Å². The number of halogens is 1. The number of benzene rings is 2. The number of nitrogens with zero attached hydrogens (tertiary/aromatic N) is 2. The van der Waals surface area contributed by atoms with Crippen molar-refractivity contribution in [2.24, 2.45) is 0 Å². The predicted octanol–water partition coefficient (Wildman–Crippen LogP) is 4.49. The highest BCUT2D eigenvalue weighted by Crippen LogP contribution is 2.34. The molecule has 0 bridgehead atoms. The van der Waals surface area contributed by atoms with Gasteiger partial charge in [-0.25, -0.2) is 0 Å². The van der Waals surface area contributed by atoms with Crippen molar-refractivity contribution in [3.63, 3.8) is 0 Å². The van der Waals surface area contributed by atoms with Gasteiger partial charge in [0.2, 0.25) is 0 Å². The first kappa shape index (κ1) is 11.8. The van der Waals surface area contributed by atoms with Gasteiger partial charge in [0.25, 0.3) is 0 Å². The van der Waals surface area contributed by atoms with E-state index in [2.05, 4.69) is 18.2 Å². The zero-order chi connectivity index (χ0) is 13.2.